The molecule has 2 heterocycles. The number of amides is 2. The van der Waals surface area contributed by atoms with Crippen LogP contribution >= 0.6 is 0 Å². The Kier molecular flexibility index (Phi) is 15.5. The van der Waals surface area contributed by atoms with Gasteiger partial charge in [0.15, 0.2) is 43.1 Å². The topological polar surface area (TPSA) is 233 Å². The monoisotopic (exact) mass is 722 g/mol. The van der Waals surface area contributed by atoms with Crippen molar-refractivity contribution in [1.82, 2.24) is 5.32 Å². The summed E-state index contributed by atoms with van der Waals surface area (Å²) in [5.41, 5.74) is 5.67. The van der Waals surface area contributed by atoms with E-state index in [9.17, 15) is 28.8 Å². The van der Waals surface area contributed by atoms with Crippen LogP contribution in [0.4, 0.5) is 4.79 Å². The fourth-order valence-corrected chi connectivity index (χ4v) is 5.26. The van der Waals surface area contributed by atoms with Crippen molar-refractivity contribution in [1.29, 1.82) is 0 Å². The number of para-hydroxylation sites is 1. The Labute approximate surface area is 293 Å². The van der Waals surface area contributed by atoms with E-state index in [4.69, 9.17) is 53.1 Å². The van der Waals surface area contributed by atoms with Crippen molar-refractivity contribution in [3.05, 3.63) is 55.6 Å². The molecule has 280 valence electrons. The Morgan fingerprint density at radius 3 is 2.04 bits per heavy atom. The van der Waals surface area contributed by atoms with Gasteiger partial charge in [0.1, 0.15) is 30.6 Å². The highest BCUT2D eigenvalue weighted by Crippen LogP contribution is 2.35. The minimum absolute atomic E-state index is 0.111. The quantitative estimate of drug-likeness (QED) is 0.0970. The number of ether oxygens (including phenoxy) is 10. The number of benzene rings is 1. The Morgan fingerprint density at radius 2 is 1.47 bits per heavy atom. The smallest absolute Gasteiger partial charge is 0.463 e. The predicted molar refractivity (Wildman–Crippen MR) is 170 cm³/mol. The van der Waals surface area contributed by atoms with Gasteiger partial charge < -0.3 is 58.4 Å². The van der Waals surface area contributed by atoms with Gasteiger partial charge in [0, 0.05) is 27.7 Å². The molecule has 10 atom stereocenters. The van der Waals surface area contributed by atoms with Crippen LogP contribution in [0.5, 0.6) is 5.75 Å². The first-order valence-electron chi connectivity index (χ1n) is 15.6. The van der Waals surface area contributed by atoms with Gasteiger partial charge in [0.25, 0.3) is 0 Å². The summed E-state index contributed by atoms with van der Waals surface area (Å²) in [6.07, 6.45) is -12.1. The average Bonchev–Trinajstić information content (AvgIpc) is 3.37. The highest BCUT2D eigenvalue weighted by Gasteiger charge is 2.58. The number of hydrogen-bond acceptors (Lipinski definition) is 16. The average molecular weight is 723 g/mol. The molecule has 2 amide bonds. The fraction of sp³-hybridized carbons (Fsp3) is 0.515. The van der Waals surface area contributed by atoms with Crippen LogP contribution in [0.1, 0.15) is 27.7 Å². The van der Waals surface area contributed by atoms with Crippen LogP contribution in [0.3, 0.4) is 0 Å². The van der Waals surface area contributed by atoms with Crippen LogP contribution in [-0.2, 0) is 66.6 Å². The van der Waals surface area contributed by atoms with Crippen LogP contribution in [0.25, 0.3) is 0 Å². The maximum absolute atomic E-state index is 13.2. The van der Waals surface area contributed by atoms with Crippen LogP contribution in [0.2, 0.25) is 0 Å². The van der Waals surface area contributed by atoms with E-state index in [0.29, 0.717) is 0 Å². The van der Waals surface area contributed by atoms with Gasteiger partial charge in [-0.2, -0.15) is 0 Å². The largest absolute Gasteiger partial charge is 0.514 e. The predicted octanol–water partition coefficient (Wildman–Crippen LogP) is 0.596. The highest BCUT2D eigenvalue weighted by molar-refractivity contribution is 5.80. The van der Waals surface area contributed by atoms with Crippen molar-refractivity contribution in [2.45, 2.75) is 89.0 Å². The van der Waals surface area contributed by atoms with Gasteiger partial charge in [0.2, 0.25) is 11.8 Å². The molecule has 3 rings (SSSR count). The lowest BCUT2D eigenvalue weighted by Gasteiger charge is -2.45. The first kappa shape index (κ1) is 40.5. The number of esters is 3. The van der Waals surface area contributed by atoms with Crippen LogP contribution < -0.4 is 15.8 Å². The summed E-state index contributed by atoms with van der Waals surface area (Å²) in [4.78, 5) is 74.6. The minimum atomic E-state index is -1.66. The lowest BCUT2D eigenvalue weighted by molar-refractivity contribution is -0.304. The molecular formula is C33H42N2O16. The number of rotatable bonds is 17. The Balaban J connectivity index is 2.13. The van der Waals surface area contributed by atoms with Gasteiger partial charge in [0.05, 0.1) is 13.2 Å². The molecule has 51 heavy (non-hydrogen) atoms. The van der Waals surface area contributed by atoms with Crippen molar-refractivity contribution < 1.29 is 76.1 Å². The normalized spacial score (nSPS) is 27.6. The van der Waals surface area contributed by atoms with Gasteiger partial charge >= 0.3 is 24.1 Å². The summed E-state index contributed by atoms with van der Waals surface area (Å²) < 4.78 is 57.0. The van der Waals surface area contributed by atoms with Crippen molar-refractivity contribution in [3.8, 4) is 5.75 Å². The lowest BCUT2D eigenvalue weighted by Crippen LogP contribution is -2.67. The first-order valence-corrected chi connectivity index (χ1v) is 15.6. The molecule has 18 nitrogen and oxygen atoms in total. The standard InChI is InChI=1S/C33H42N2O16/c1-7-14-42-28(30(34)40)26-27(51-33(41)47-21-12-10-9-11-13-21)29(32(49-26)43-15-8-2)50-31-23(35-17(3)36)25(46-20(6)39)24(45-19(5)38)22(48-31)16-44-18(4)37/h7-13,22-29,31-32H,1-2,14-16H2,3-6H3,(H2,34,40)(H,35,36)/t22-,23-,24-,25-,26+,27+,28+,29-,31+,32-/m1/s1. The lowest BCUT2D eigenvalue weighted by atomic mass is 9.95. The summed E-state index contributed by atoms with van der Waals surface area (Å²) >= 11 is 0. The molecule has 1 aromatic rings. The van der Waals surface area contributed by atoms with Crippen molar-refractivity contribution >= 4 is 35.9 Å². The van der Waals surface area contributed by atoms with Gasteiger partial charge in [-0.05, 0) is 12.1 Å². The zero-order valence-corrected chi connectivity index (χ0v) is 28.5. The molecule has 2 fully saturated rings. The SMILES string of the molecule is C=CCO[C@@H]1O[C@H]([C@H](OCC=C)C(N)=O)[C@H](OC(=O)Oc2ccccc2)[C@H]1O[C@@H]1O[C@H](COC(C)=O)[C@@H](OC(C)=O)[C@H](OC(C)=O)[C@H]1NC(C)=O. The van der Waals surface area contributed by atoms with Crippen LogP contribution in [0, 0.1) is 0 Å². The second-order valence-electron chi connectivity index (χ2n) is 11.1. The summed E-state index contributed by atoms with van der Waals surface area (Å²) in [6.45, 7) is 10.8. The second kappa shape index (κ2) is 19.5. The Hall–Kier alpha value is -4.88. The maximum atomic E-state index is 13.2. The van der Waals surface area contributed by atoms with E-state index >= 15 is 0 Å². The van der Waals surface area contributed by atoms with Crippen LogP contribution in [0.15, 0.2) is 55.6 Å². The number of primary amides is 1. The van der Waals surface area contributed by atoms with E-state index in [2.05, 4.69) is 18.5 Å². The molecule has 3 N–H and O–H groups in total. The van der Waals surface area contributed by atoms with Gasteiger partial charge in [-0.25, -0.2) is 4.79 Å². The molecule has 2 saturated heterocycles. The molecule has 0 spiro atoms. The van der Waals surface area contributed by atoms with Gasteiger partial charge in [-0.15, -0.1) is 13.2 Å². The molecular weight excluding hydrogens is 680 g/mol. The number of hydrogen-bond donors (Lipinski definition) is 2. The third-order valence-electron chi connectivity index (χ3n) is 7.10. The van der Waals surface area contributed by atoms with Crippen molar-refractivity contribution in [2.24, 2.45) is 5.73 Å². The van der Waals surface area contributed by atoms with E-state index in [1.165, 1.54) is 24.3 Å². The Bertz CT molecular complexity index is 1410. The maximum Gasteiger partial charge on any atom is 0.514 e. The zero-order chi connectivity index (χ0) is 37.7. The van der Waals surface area contributed by atoms with Crippen molar-refractivity contribution in [2.75, 3.05) is 19.8 Å². The summed E-state index contributed by atoms with van der Waals surface area (Å²) in [6, 6.07) is 6.46. The number of nitrogens with two attached hydrogens (primary N) is 1. The number of carbonyl (C=O) groups is 6. The molecule has 18 heteroatoms. The van der Waals surface area contributed by atoms with Gasteiger partial charge in [-0.3, -0.25) is 24.0 Å². The molecule has 2 aliphatic heterocycles. The molecule has 0 aliphatic carbocycles. The van der Waals surface area contributed by atoms with Gasteiger partial charge in [-0.1, -0.05) is 30.4 Å². The van der Waals surface area contributed by atoms with E-state index in [-0.39, 0.29) is 19.0 Å². The molecule has 0 saturated carbocycles. The molecule has 2 aliphatic rings. The molecule has 1 aromatic carbocycles. The van der Waals surface area contributed by atoms with E-state index in [1.54, 1.807) is 18.2 Å². The van der Waals surface area contributed by atoms with E-state index in [0.717, 1.165) is 27.7 Å². The molecule has 0 unspecified atom stereocenters. The Morgan fingerprint density at radius 1 is 0.824 bits per heavy atom. The van der Waals surface area contributed by atoms with E-state index < -0.39 is 104 Å². The second-order valence-corrected chi connectivity index (χ2v) is 11.1. The third-order valence-corrected chi connectivity index (χ3v) is 7.10. The minimum Gasteiger partial charge on any atom is -0.463 e. The summed E-state index contributed by atoms with van der Waals surface area (Å²) in [5.74, 6) is -3.94. The highest BCUT2D eigenvalue weighted by atomic mass is 16.8. The third kappa shape index (κ3) is 11.9. The number of nitrogens with one attached hydrogen (secondary N) is 1. The van der Waals surface area contributed by atoms with Crippen molar-refractivity contribution in [3.63, 3.8) is 0 Å². The summed E-state index contributed by atoms with van der Waals surface area (Å²) in [5, 5.41) is 2.57. The molecule has 0 aromatic heterocycles. The zero-order valence-electron chi connectivity index (χ0n) is 28.5. The molecule has 0 radical (unpaired) electrons. The van der Waals surface area contributed by atoms with Crippen LogP contribution in [-0.4, -0.2) is 117 Å². The first-order chi connectivity index (χ1) is 24.2. The number of carbonyl (C=O) groups excluding carboxylic acids is 6. The summed E-state index contributed by atoms with van der Waals surface area (Å²) in [7, 11) is 0. The fourth-order valence-electron chi connectivity index (χ4n) is 5.26. The molecule has 0 bridgehead atoms. The van der Waals surface area contributed by atoms with E-state index in [1.807, 2.05) is 0 Å².